The number of aromatic nitrogens is 1. The molecule has 10 heteroatoms. The van der Waals surface area contributed by atoms with Gasteiger partial charge in [-0.2, -0.15) is 0 Å². The van der Waals surface area contributed by atoms with E-state index in [0.29, 0.717) is 40.9 Å². The Bertz CT molecular complexity index is 1360. The van der Waals surface area contributed by atoms with Crippen molar-refractivity contribution in [2.75, 3.05) is 32.5 Å². The Balaban J connectivity index is 2.07. The van der Waals surface area contributed by atoms with Crippen LogP contribution in [0.2, 0.25) is 0 Å². The standard InChI is InChI=1S/C26H34N4O5S/c1-18-21(17-24(31)27-14-15-29(5)6)22-16-19(28-25(32)35-26(2,3)4)12-13-23(22)30(18)36(33,34)20-10-8-7-9-11-20/h7-13,16H,14-15,17H2,1-6H3,(H,27,31)(H,28,32). The van der Waals surface area contributed by atoms with Gasteiger partial charge >= 0.3 is 6.09 Å². The maximum Gasteiger partial charge on any atom is 0.412 e. The molecule has 0 saturated heterocycles. The van der Waals surface area contributed by atoms with Crippen molar-refractivity contribution in [2.24, 2.45) is 0 Å². The number of carbonyl (C=O) groups is 2. The Morgan fingerprint density at radius 2 is 1.72 bits per heavy atom. The second-order valence-electron chi connectivity index (χ2n) is 9.84. The van der Waals surface area contributed by atoms with E-state index in [-0.39, 0.29) is 17.2 Å². The second kappa shape index (κ2) is 10.7. The van der Waals surface area contributed by atoms with Gasteiger partial charge in [0.2, 0.25) is 5.91 Å². The first-order valence-corrected chi connectivity index (χ1v) is 13.1. The quantitative estimate of drug-likeness (QED) is 0.474. The molecule has 0 bridgehead atoms. The molecule has 0 fully saturated rings. The van der Waals surface area contributed by atoms with E-state index >= 15 is 0 Å². The Morgan fingerprint density at radius 3 is 2.33 bits per heavy atom. The van der Waals surface area contributed by atoms with Crippen LogP contribution in [0.25, 0.3) is 10.9 Å². The van der Waals surface area contributed by atoms with Gasteiger partial charge in [-0.05, 0) is 77.7 Å². The molecule has 3 rings (SSSR count). The highest BCUT2D eigenvalue weighted by atomic mass is 32.2. The summed E-state index contributed by atoms with van der Waals surface area (Å²) in [6, 6.07) is 13.1. The number of rotatable bonds is 8. The number of ether oxygens (including phenoxy) is 1. The van der Waals surface area contributed by atoms with Crippen LogP contribution in [0.5, 0.6) is 0 Å². The predicted molar refractivity (Wildman–Crippen MR) is 141 cm³/mol. The summed E-state index contributed by atoms with van der Waals surface area (Å²) in [5.41, 5.74) is 1.18. The first kappa shape index (κ1) is 27.2. The molecule has 2 aromatic carbocycles. The van der Waals surface area contributed by atoms with Gasteiger partial charge < -0.3 is 15.0 Å². The third kappa shape index (κ3) is 6.44. The molecule has 0 atom stereocenters. The zero-order valence-electron chi connectivity index (χ0n) is 21.6. The van der Waals surface area contributed by atoms with Crippen LogP contribution in [-0.4, -0.2) is 62.1 Å². The average Bonchev–Trinajstić information content (AvgIpc) is 3.04. The molecule has 36 heavy (non-hydrogen) atoms. The number of anilines is 1. The normalized spacial score (nSPS) is 12.1. The Kier molecular flexibility index (Phi) is 8.10. The molecule has 9 nitrogen and oxygen atoms in total. The van der Waals surface area contributed by atoms with E-state index in [9.17, 15) is 18.0 Å². The predicted octanol–water partition coefficient (Wildman–Crippen LogP) is 3.75. The molecule has 2 amide bonds. The topological polar surface area (TPSA) is 110 Å². The van der Waals surface area contributed by atoms with Crippen molar-refractivity contribution in [3.05, 3.63) is 59.8 Å². The lowest BCUT2D eigenvalue weighted by Crippen LogP contribution is -2.32. The maximum atomic E-state index is 13.6. The fourth-order valence-corrected chi connectivity index (χ4v) is 5.43. The van der Waals surface area contributed by atoms with E-state index in [4.69, 9.17) is 4.74 Å². The minimum absolute atomic E-state index is 0.0109. The van der Waals surface area contributed by atoms with Gasteiger partial charge in [0.1, 0.15) is 5.60 Å². The van der Waals surface area contributed by atoms with Gasteiger partial charge in [0.25, 0.3) is 10.0 Å². The lowest BCUT2D eigenvalue weighted by molar-refractivity contribution is -0.120. The summed E-state index contributed by atoms with van der Waals surface area (Å²) in [6.07, 6.45) is -0.638. The van der Waals surface area contributed by atoms with Crippen LogP contribution in [-0.2, 0) is 26.0 Å². The summed E-state index contributed by atoms with van der Waals surface area (Å²) < 4.78 is 33.8. The van der Waals surface area contributed by atoms with E-state index in [2.05, 4.69) is 10.6 Å². The van der Waals surface area contributed by atoms with Crippen molar-refractivity contribution < 1.29 is 22.7 Å². The first-order valence-electron chi connectivity index (χ1n) is 11.7. The molecule has 0 aliphatic heterocycles. The molecule has 194 valence electrons. The van der Waals surface area contributed by atoms with Crippen molar-refractivity contribution in [3.63, 3.8) is 0 Å². The number of fused-ring (bicyclic) bond motifs is 1. The number of carbonyl (C=O) groups excluding carboxylic acids is 2. The Morgan fingerprint density at radius 1 is 1.06 bits per heavy atom. The number of amides is 2. The molecule has 3 aromatic rings. The Hall–Kier alpha value is -3.37. The summed E-state index contributed by atoms with van der Waals surface area (Å²) >= 11 is 0. The Labute approximate surface area is 212 Å². The molecule has 0 spiro atoms. The van der Waals surface area contributed by atoms with Gasteiger partial charge in [0.15, 0.2) is 0 Å². The van der Waals surface area contributed by atoms with Gasteiger partial charge in [-0.25, -0.2) is 17.2 Å². The zero-order valence-corrected chi connectivity index (χ0v) is 22.4. The number of likely N-dealkylation sites (N-methyl/N-ethyl adjacent to an activating group) is 1. The van der Waals surface area contributed by atoms with E-state index in [1.54, 1.807) is 64.1 Å². The highest BCUT2D eigenvalue weighted by Gasteiger charge is 2.26. The summed E-state index contributed by atoms with van der Waals surface area (Å²) in [4.78, 5) is 27.2. The van der Waals surface area contributed by atoms with Crippen molar-refractivity contribution >= 4 is 38.6 Å². The monoisotopic (exact) mass is 514 g/mol. The zero-order chi connectivity index (χ0) is 26.7. The third-order valence-electron chi connectivity index (χ3n) is 5.43. The molecule has 1 aromatic heterocycles. The van der Waals surface area contributed by atoms with Crippen molar-refractivity contribution in [1.82, 2.24) is 14.2 Å². The molecule has 0 aliphatic rings. The number of nitrogens with zero attached hydrogens (tertiary/aromatic N) is 2. The molecule has 1 heterocycles. The number of nitrogens with one attached hydrogen (secondary N) is 2. The van der Waals surface area contributed by atoms with Gasteiger partial charge in [-0.1, -0.05) is 18.2 Å². The average molecular weight is 515 g/mol. The van der Waals surface area contributed by atoms with Gasteiger partial charge in [-0.3, -0.25) is 10.1 Å². The second-order valence-corrected chi connectivity index (χ2v) is 11.6. The molecular weight excluding hydrogens is 480 g/mol. The van der Waals surface area contributed by atoms with Crippen LogP contribution < -0.4 is 10.6 Å². The fraction of sp³-hybridized carbons (Fsp3) is 0.385. The lowest BCUT2D eigenvalue weighted by Gasteiger charge is -2.19. The SMILES string of the molecule is Cc1c(CC(=O)NCCN(C)C)c2cc(NC(=O)OC(C)(C)C)ccc2n1S(=O)(=O)c1ccccc1. The molecule has 0 saturated carbocycles. The smallest absolute Gasteiger partial charge is 0.412 e. The molecule has 2 N–H and O–H groups in total. The van der Waals surface area contributed by atoms with Crippen LogP contribution in [0.15, 0.2) is 53.4 Å². The number of hydrogen-bond acceptors (Lipinski definition) is 6. The third-order valence-corrected chi connectivity index (χ3v) is 7.25. The van der Waals surface area contributed by atoms with Crippen LogP contribution in [0.1, 0.15) is 32.0 Å². The largest absolute Gasteiger partial charge is 0.444 e. The van der Waals surface area contributed by atoms with E-state index < -0.39 is 21.7 Å². The van der Waals surface area contributed by atoms with Crippen LogP contribution in [0, 0.1) is 6.92 Å². The van der Waals surface area contributed by atoms with Gasteiger partial charge in [0, 0.05) is 29.9 Å². The minimum Gasteiger partial charge on any atom is -0.444 e. The van der Waals surface area contributed by atoms with Crippen molar-refractivity contribution in [1.29, 1.82) is 0 Å². The number of benzene rings is 2. The van der Waals surface area contributed by atoms with E-state index in [1.165, 1.54) is 16.1 Å². The van der Waals surface area contributed by atoms with Gasteiger partial charge in [-0.15, -0.1) is 0 Å². The minimum atomic E-state index is -3.93. The first-order chi connectivity index (χ1) is 16.8. The van der Waals surface area contributed by atoms with Crippen molar-refractivity contribution in [2.45, 2.75) is 44.6 Å². The molecule has 0 unspecified atom stereocenters. The summed E-state index contributed by atoms with van der Waals surface area (Å²) in [5, 5.41) is 6.13. The molecule has 0 aliphatic carbocycles. The van der Waals surface area contributed by atoms with Gasteiger partial charge in [0.05, 0.1) is 16.8 Å². The molecule has 0 radical (unpaired) electrons. The summed E-state index contributed by atoms with van der Waals surface area (Å²) in [7, 11) is -0.105. The summed E-state index contributed by atoms with van der Waals surface area (Å²) in [6.45, 7) is 8.13. The van der Waals surface area contributed by atoms with Crippen LogP contribution in [0.3, 0.4) is 0 Å². The van der Waals surface area contributed by atoms with Crippen LogP contribution >= 0.6 is 0 Å². The van der Waals surface area contributed by atoms with E-state index in [1.807, 2.05) is 19.0 Å². The highest BCUT2D eigenvalue weighted by Crippen LogP contribution is 2.32. The van der Waals surface area contributed by atoms with E-state index in [0.717, 1.165) is 0 Å². The number of hydrogen-bond donors (Lipinski definition) is 2. The lowest BCUT2D eigenvalue weighted by atomic mass is 10.1. The fourth-order valence-electron chi connectivity index (χ4n) is 3.82. The van der Waals surface area contributed by atoms with Crippen molar-refractivity contribution in [3.8, 4) is 0 Å². The van der Waals surface area contributed by atoms with Crippen LogP contribution in [0.4, 0.5) is 10.5 Å². The highest BCUT2D eigenvalue weighted by molar-refractivity contribution is 7.90. The summed E-state index contributed by atoms with van der Waals surface area (Å²) in [5.74, 6) is -0.221. The maximum absolute atomic E-state index is 13.6. The molecular formula is C26H34N4O5S.